The quantitative estimate of drug-likeness (QED) is 0.636. The van der Waals surface area contributed by atoms with Crippen molar-refractivity contribution in [2.24, 2.45) is 0 Å². The SMILES string of the molecule is Clc1cccc(C2CCC2)c1Cl. The van der Waals surface area contributed by atoms with Gasteiger partial charge >= 0.3 is 0 Å². The summed E-state index contributed by atoms with van der Waals surface area (Å²) in [5.41, 5.74) is 1.23. The summed E-state index contributed by atoms with van der Waals surface area (Å²) in [5.74, 6) is 0.663. The van der Waals surface area contributed by atoms with Crippen molar-refractivity contribution >= 4 is 23.2 Å². The molecule has 1 saturated carbocycles. The summed E-state index contributed by atoms with van der Waals surface area (Å²) < 4.78 is 0. The summed E-state index contributed by atoms with van der Waals surface area (Å²) in [5, 5.41) is 1.44. The van der Waals surface area contributed by atoms with E-state index < -0.39 is 0 Å². The number of benzene rings is 1. The first-order chi connectivity index (χ1) is 5.79. The van der Waals surface area contributed by atoms with Crippen LogP contribution in [0.1, 0.15) is 30.7 Å². The van der Waals surface area contributed by atoms with Crippen LogP contribution in [0.5, 0.6) is 0 Å². The molecule has 2 heteroatoms. The third kappa shape index (κ3) is 1.34. The standard InChI is InChI=1S/C10H10Cl2/c11-9-6-2-5-8(10(9)12)7-3-1-4-7/h2,5-7H,1,3-4H2. The second-order valence-corrected chi connectivity index (χ2v) is 4.06. The highest BCUT2D eigenvalue weighted by Crippen LogP contribution is 2.41. The minimum atomic E-state index is 0.663. The molecule has 0 unspecified atom stereocenters. The predicted molar refractivity (Wildman–Crippen MR) is 53.1 cm³/mol. The summed E-state index contributed by atoms with van der Waals surface area (Å²) in [6.07, 6.45) is 3.85. The Morgan fingerprint density at radius 2 is 1.92 bits per heavy atom. The van der Waals surface area contributed by atoms with Crippen molar-refractivity contribution in [3.8, 4) is 0 Å². The van der Waals surface area contributed by atoms with Crippen molar-refractivity contribution in [3.63, 3.8) is 0 Å². The van der Waals surface area contributed by atoms with Gasteiger partial charge in [0.15, 0.2) is 0 Å². The molecule has 0 radical (unpaired) electrons. The molecule has 0 aromatic heterocycles. The molecule has 0 heterocycles. The zero-order valence-electron chi connectivity index (χ0n) is 6.69. The van der Waals surface area contributed by atoms with Crippen LogP contribution < -0.4 is 0 Å². The van der Waals surface area contributed by atoms with Gasteiger partial charge in [0, 0.05) is 0 Å². The molecule has 1 aliphatic carbocycles. The highest BCUT2D eigenvalue weighted by molar-refractivity contribution is 6.42. The first-order valence-corrected chi connectivity index (χ1v) is 4.98. The Morgan fingerprint density at radius 3 is 2.50 bits per heavy atom. The molecule has 1 aromatic rings. The first kappa shape index (κ1) is 8.40. The van der Waals surface area contributed by atoms with Gasteiger partial charge in [0.2, 0.25) is 0 Å². The molecule has 0 amide bonds. The van der Waals surface area contributed by atoms with E-state index in [9.17, 15) is 0 Å². The second kappa shape index (κ2) is 3.27. The molecule has 0 spiro atoms. The van der Waals surface area contributed by atoms with E-state index in [1.165, 1.54) is 24.8 Å². The van der Waals surface area contributed by atoms with Gasteiger partial charge in [-0.2, -0.15) is 0 Å². The third-order valence-electron chi connectivity index (χ3n) is 2.53. The maximum absolute atomic E-state index is 6.07. The molecule has 1 aromatic carbocycles. The van der Waals surface area contributed by atoms with E-state index in [2.05, 4.69) is 6.07 Å². The summed E-state index contributed by atoms with van der Waals surface area (Å²) >= 11 is 12.0. The highest BCUT2D eigenvalue weighted by Gasteiger charge is 2.22. The van der Waals surface area contributed by atoms with E-state index in [0.717, 1.165) is 5.02 Å². The summed E-state index contributed by atoms with van der Waals surface area (Å²) in [6, 6.07) is 5.89. The Kier molecular flexibility index (Phi) is 2.29. The van der Waals surface area contributed by atoms with Crippen molar-refractivity contribution in [2.75, 3.05) is 0 Å². The fraction of sp³-hybridized carbons (Fsp3) is 0.400. The number of hydrogen-bond acceptors (Lipinski definition) is 0. The second-order valence-electron chi connectivity index (χ2n) is 3.27. The van der Waals surface area contributed by atoms with Crippen LogP contribution in [0.2, 0.25) is 10.0 Å². The fourth-order valence-corrected chi connectivity index (χ4v) is 2.02. The van der Waals surface area contributed by atoms with E-state index >= 15 is 0 Å². The average Bonchev–Trinajstić information content (AvgIpc) is 1.95. The van der Waals surface area contributed by atoms with E-state index in [-0.39, 0.29) is 0 Å². The van der Waals surface area contributed by atoms with E-state index in [4.69, 9.17) is 23.2 Å². The van der Waals surface area contributed by atoms with Gasteiger partial charge in [-0.15, -0.1) is 0 Å². The summed E-state index contributed by atoms with van der Waals surface area (Å²) in [6.45, 7) is 0. The van der Waals surface area contributed by atoms with Crippen LogP contribution >= 0.6 is 23.2 Å². The Labute approximate surface area is 82.5 Å². The molecule has 0 nitrogen and oxygen atoms in total. The van der Waals surface area contributed by atoms with Gasteiger partial charge in [-0.05, 0) is 30.4 Å². The van der Waals surface area contributed by atoms with Crippen LogP contribution in [0.4, 0.5) is 0 Å². The Hall–Kier alpha value is -0.200. The summed E-state index contributed by atoms with van der Waals surface area (Å²) in [4.78, 5) is 0. The summed E-state index contributed by atoms with van der Waals surface area (Å²) in [7, 11) is 0. The third-order valence-corrected chi connectivity index (χ3v) is 3.36. The molecule has 2 rings (SSSR count). The van der Waals surface area contributed by atoms with E-state index in [1.807, 2.05) is 12.1 Å². The molecular formula is C10H10Cl2. The van der Waals surface area contributed by atoms with Crippen molar-refractivity contribution in [1.82, 2.24) is 0 Å². The zero-order valence-corrected chi connectivity index (χ0v) is 8.20. The topological polar surface area (TPSA) is 0 Å². The predicted octanol–water partition coefficient (Wildman–Crippen LogP) is 4.26. The fourth-order valence-electron chi connectivity index (χ4n) is 1.56. The van der Waals surface area contributed by atoms with E-state index in [0.29, 0.717) is 10.9 Å². The van der Waals surface area contributed by atoms with Gasteiger partial charge in [0.1, 0.15) is 0 Å². The van der Waals surface area contributed by atoms with Crippen LogP contribution in [0.3, 0.4) is 0 Å². The van der Waals surface area contributed by atoms with Crippen molar-refractivity contribution < 1.29 is 0 Å². The van der Waals surface area contributed by atoms with Crippen LogP contribution in [-0.2, 0) is 0 Å². The lowest BCUT2D eigenvalue weighted by molar-refractivity contribution is 0.420. The van der Waals surface area contributed by atoms with Gasteiger partial charge in [-0.3, -0.25) is 0 Å². The van der Waals surface area contributed by atoms with Crippen LogP contribution in [0.25, 0.3) is 0 Å². The molecule has 0 atom stereocenters. The Morgan fingerprint density at radius 1 is 1.17 bits per heavy atom. The van der Waals surface area contributed by atoms with Gasteiger partial charge < -0.3 is 0 Å². The maximum atomic E-state index is 6.07. The minimum absolute atomic E-state index is 0.663. The maximum Gasteiger partial charge on any atom is 0.0627 e. The zero-order chi connectivity index (χ0) is 8.55. The monoisotopic (exact) mass is 200 g/mol. The van der Waals surface area contributed by atoms with Gasteiger partial charge in [0.25, 0.3) is 0 Å². The number of halogens is 2. The Balaban J connectivity index is 2.36. The van der Waals surface area contributed by atoms with Gasteiger partial charge in [-0.25, -0.2) is 0 Å². The Bertz CT molecular complexity index is 290. The van der Waals surface area contributed by atoms with Crippen LogP contribution in [-0.4, -0.2) is 0 Å². The number of rotatable bonds is 1. The molecule has 12 heavy (non-hydrogen) atoms. The molecule has 0 bridgehead atoms. The first-order valence-electron chi connectivity index (χ1n) is 4.23. The highest BCUT2D eigenvalue weighted by atomic mass is 35.5. The van der Waals surface area contributed by atoms with Gasteiger partial charge in [0.05, 0.1) is 10.0 Å². The van der Waals surface area contributed by atoms with Crippen LogP contribution in [0, 0.1) is 0 Å². The normalized spacial score (nSPS) is 17.5. The van der Waals surface area contributed by atoms with Gasteiger partial charge in [-0.1, -0.05) is 41.8 Å². The molecule has 1 fully saturated rings. The van der Waals surface area contributed by atoms with Crippen LogP contribution in [0.15, 0.2) is 18.2 Å². The molecule has 1 aliphatic rings. The van der Waals surface area contributed by atoms with Crippen molar-refractivity contribution in [2.45, 2.75) is 25.2 Å². The molecule has 0 saturated heterocycles. The smallest absolute Gasteiger partial charge is 0.0627 e. The van der Waals surface area contributed by atoms with Crippen molar-refractivity contribution in [1.29, 1.82) is 0 Å². The minimum Gasteiger partial charge on any atom is -0.0827 e. The largest absolute Gasteiger partial charge is 0.0827 e. The average molecular weight is 201 g/mol. The molecule has 0 aliphatic heterocycles. The number of hydrogen-bond donors (Lipinski definition) is 0. The lowest BCUT2D eigenvalue weighted by Gasteiger charge is -2.26. The van der Waals surface area contributed by atoms with E-state index in [1.54, 1.807) is 0 Å². The lowest BCUT2D eigenvalue weighted by atomic mass is 9.80. The molecule has 64 valence electrons. The van der Waals surface area contributed by atoms with Crippen molar-refractivity contribution in [3.05, 3.63) is 33.8 Å². The molecular weight excluding hydrogens is 191 g/mol. The molecule has 0 N–H and O–H groups in total. The lowest BCUT2D eigenvalue weighted by Crippen LogP contribution is -2.09.